The molecule has 7 heteroatoms. The molecule has 160 valence electrons. The molecule has 0 aliphatic rings. The number of hydrogen-bond donors (Lipinski definition) is 2. The summed E-state index contributed by atoms with van der Waals surface area (Å²) >= 11 is 0. The maximum absolute atomic E-state index is 12.8. The van der Waals surface area contributed by atoms with Crippen molar-refractivity contribution in [3.05, 3.63) is 108 Å². The first-order valence-corrected chi connectivity index (χ1v) is 10.1. The molecule has 0 saturated carbocycles. The van der Waals surface area contributed by atoms with Crippen LogP contribution >= 0.6 is 0 Å². The molecule has 1 heterocycles. The summed E-state index contributed by atoms with van der Waals surface area (Å²) in [6.07, 6.45) is 1.67. The van der Waals surface area contributed by atoms with E-state index >= 15 is 0 Å². The number of rotatable bonds is 7. The van der Waals surface area contributed by atoms with Crippen LogP contribution in [0.1, 0.15) is 26.4 Å². The smallest absolute Gasteiger partial charge is 0.275 e. The molecule has 2 amide bonds. The molecule has 1 aromatic heterocycles. The highest BCUT2D eigenvalue weighted by Gasteiger charge is 2.18. The van der Waals surface area contributed by atoms with Gasteiger partial charge in [-0.25, -0.2) is 4.68 Å². The molecule has 32 heavy (non-hydrogen) atoms. The van der Waals surface area contributed by atoms with Crippen LogP contribution in [0.5, 0.6) is 5.75 Å². The van der Waals surface area contributed by atoms with Gasteiger partial charge in [0, 0.05) is 17.8 Å². The molecule has 0 fully saturated rings. The number of carbonyl (C=O) groups is 2. The van der Waals surface area contributed by atoms with Crippen molar-refractivity contribution in [2.45, 2.75) is 6.54 Å². The van der Waals surface area contributed by atoms with Crippen molar-refractivity contribution in [3.8, 4) is 11.4 Å². The van der Waals surface area contributed by atoms with E-state index in [4.69, 9.17) is 4.74 Å². The summed E-state index contributed by atoms with van der Waals surface area (Å²) in [5, 5.41) is 10.1. The van der Waals surface area contributed by atoms with Crippen molar-refractivity contribution < 1.29 is 14.3 Å². The number of ether oxygens (including phenoxy) is 1. The van der Waals surface area contributed by atoms with Crippen molar-refractivity contribution in [3.63, 3.8) is 0 Å². The fourth-order valence-electron chi connectivity index (χ4n) is 3.19. The van der Waals surface area contributed by atoms with Crippen molar-refractivity contribution >= 4 is 17.5 Å². The minimum atomic E-state index is -0.365. The molecule has 4 rings (SSSR count). The first-order chi connectivity index (χ1) is 15.6. The summed E-state index contributed by atoms with van der Waals surface area (Å²) in [6.45, 7) is 0.243. The molecule has 0 aliphatic heterocycles. The van der Waals surface area contributed by atoms with E-state index in [-0.39, 0.29) is 24.1 Å². The Labute approximate surface area is 185 Å². The third-order valence-corrected chi connectivity index (χ3v) is 4.81. The number of nitrogens with one attached hydrogen (secondary N) is 2. The topological polar surface area (TPSA) is 85.2 Å². The Morgan fingerprint density at radius 3 is 2.34 bits per heavy atom. The van der Waals surface area contributed by atoms with Gasteiger partial charge in [0.2, 0.25) is 0 Å². The second-order valence-corrected chi connectivity index (χ2v) is 7.03. The van der Waals surface area contributed by atoms with Gasteiger partial charge in [-0.1, -0.05) is 48.5 Å². The standard InChI is InChI=1S/C25H22N4O3/c1-32-22-17-29(21-13-6-3-7-14-21)28-23(22)25(31)26-16-18-9-8-10-19(15-18)24(30)27-20-11-4-2-5-12-20/h2-15,17H,16H2,1H3,(H,26,31)(H,27,30). The SMILES string of the molecule is COc1cn(-c2ccccc2)nc1C(=O)NCc1cccc(C(=O)Nc2ccccc2)c1. The molecule has 2 N–H and O–H groups in total. The van der Waals surface area contributed by atoms with E-state index in [0.29, 0.717) is 11.3 Å². The van der Waals surface area contributed by atoms with Gasteiger partial charge in [-0.05, 0) is 42.0 Å². The number of para-hydroxylation sites is 2. The van der Waals surface area contributed by atoms with Gasteiger partial charge in [-0.3, -0.25) is 9.59 Å². The highest BCUT2D eigenvalue weighted by atomic mass is 16.5. The number of nitrogens with zero attached hydrogens (tertiary/aromatic N) is 2. The summed E-state index contributed by atoms with van der Waals surface area (Å²) in [5.41, 5.74) is 3.03. The maximum Gasteiger partial charge on any atom is 0.275 e. The van der Waals surface area contributed by atoms with E-state index in [1.165, 1.54) is 7.11 Å². The summed E-state index contributed by atoms with van der Waals surface area (Å²) in [5.74, 6) is -0.203. The normalized spacial score (nSPS) is 10.4. The zero-order valence-corrected chi connectivity index (χ0v) is 17.5. The summed E-state index contributed by atoms with van der Waals surface area (Å²) in [7, 11) is 1.50. The van der Waals surface area contributed by atoms with E-state index in [0.717, 1.165) is 16.9 Å². The quantitative estimate of drug-likeness (QED) is 0.467. The zero-order valence-electron chi connectivity index (χ0n) is 17.5. The number of amides is 2. The Morgan fingerprint density at radius 2 is 1.62 bits per heavy atom. The van der Waals surface area contributed by atoms with Gasteiger partial charge in [-0.2, -0.15) is 5.10 Å². The highest BCUT2D eigenvalue weighted by molar-refractivity contribution is 6.04. The van der Waals surface area contributed by atoms with E-state index in [1.807, 2.05) is 66.7 Å². The predicted octanol–water partition coefficient (Wildman–Crippen LogP) is 4.06. The number of aromatic nitrogens is 2. The monoisotopic (exact) mass is 426 g/mol. The van der Waals surface area contributed by atoms with Gasteiger partial charge in [0.05, 0.1) is 19.0 Å². The van der Waals surface area contributed by atoms with Gasteiger partial charge >= 0.3 is 0 Å². The Morgan fingerprint density at radius 1 is 0.906 bits per heavy atom. The van der Waals surface area contributed by atoms with Crippen LogP contribution in [-0.2, 0) is 6.54 Å². The summed E-state index contributed by atoms with van der Waals surface area (Å²) < 4.78 is 6.93. The number of anilines is 1. The Bertz CT molecular complexity index is 1220. The average Bonchev–Trinajstić information content (AvgIpc) is 3.29. The van der Waals surface area contributed by atoms with Crippen molar-refractivity contribution in [2.75, 3.05) is 12.4 Å². The van der Waals surface area contributed by atoms with Crippen LogP contribution in [0, 0.1) is 0 Å². The molecule has 0 saturated heterocycles. The molecule has 4 aromatic rings. The van der Waals surface area contributed by atoms with E-state index in [1.54, 1.807) is 29.1 Å². The first-order valence-electron chi connectivity index (χ1n) is 10.1. The molecule has 3 aromatic carbocycles. The minimum Gasteiger partial charge on any atom is -0.493 e. The Balaban J connectivity index is 1.44. The minimum absolute atomic E-state index is 0.189. The van der Waals surface area contributed by atoms with Crippen LogP contribution in [0.15, 0.2) is 91.1 Å². The molecular formula is C25H22N4O3. The number of hydrogen-bond acceptors (Lipinski definition) is 4. The maximum atomic E-state index is 12.8. The van der Waals surface area contributed by atoms with Crippen LogP contribution < -0.4 is 15.4 Å². The van der Waals surface area contributed by atoms with Gasteiger partial charge in [-0.15, -0.1) is 0 Å². The van der Waals surface area contributed by atoms with E-state index < -0.39 is 0 Å². The van der Waals surface area contributed by atoms with Crippen LogP contribution in [0.4, 0.5) is 5.69 Å². The van der Waals surface area contributed by atoms with Crippen LogP contribution in [-0.4, -0.2) is 28.7 Å². The predicted molar refractivity (Wildman–Crippen MR) is 122 cm³/mol. The third-order valence-electron chi connectivity index (χ3n) is 4.81. The molecular weight excluding hydrogens is 404 g/mol. The third kappa shape index (κ3) is 4.84. The molecule has 0 atom stereocenters. The molecule has 7 nitrogen and oxygen atoms in total. The zero-order chi connectivity index (χ0) is 22.3. The molecule has 0 bridgehead atoms. The number of methoxy groups -OCH3 is 1. The fraction of sp³-hybridized carbons (Fsp3) is 0.0800. The lowest BCUT2D eigenvalue weighted by molar-refractivity contribution is 0.0942. The van der Waals surface area contributed by atoms with Crippen molar-refractivity contribution in [1.82, 2.24) is 15.1 Å². The highest BCUT2D eigenvalue weighted by Crippen LogP contribution is 2.19. The lowest BCUT2D eigenvalue weighted by Gasteiger charge is -2.08. The first kappa shape index (κ1) is 20.9. The number of benzene rings is 3. The summed E-state index contributed by atoms with van der Waals surface area (Å²) in [4.78, 5) is 25.3. The van der Waals surface area contributed by atoms with Gasteiger partial charge < -0.3 is 15.4 Å². The fourth-order valence-corrected chi connectivity index (χ4v) is 3.19. The molecule has 0 aliphatic carbocycles. The van der Waals surface area contributed by atoms with Crippen molar-refractivity contribution in [2.24, 2.45) is 0 Å². The van der Waals surface area contributed by atoms with E-state index in [2.05, 4.69) is 15.7 Å². The van der Waals surface area contributed by atoms with E-state index in [9.17, 15) is 9.59 Å². The summed E-state index contributed by atoms with van der Waals surface area (Å²) in [6, 6.07) is 25.8. The van der Waals surface area contributed by atoms with Crippen LogP contribution in [0.2, 0.25) is 0 Å². The second kappa shape index (κ2) is 9.61. The average molecular weight is 426 g/mol. The molecule has 0 radical (unpaired) electrons. The van der Waals surface area contributed by atoms with Gasteiger partial charge in [0.15, 0.2) is 11.4 Å². The molecule has 0 spiro atoms. The largest absolute Gasteiger partial charge is 0.493 e. The second-order valence-electron chi connectivity index (χ2n) is 7.03. The Kier molecular flexibility index (Phi) is 6.27. The van der Waals surface area contributed by atoms with Gasteiger partial charge in [0.25, 0.3) is 11.8 Å². The lowest BCUT2D eigenvalue weighted by atomic mass is 10.1. The lowest BCUT2D eigenvalue weighted by Crippen LogP contribution is -2.24. The van der Waals surface area contributed by atoms with Crippen molar-refractivity contribution in [1.29, 1.82) is 0 Å². The Hall–Kier alpha value is -4.39. The number of carbonyl (C=O) groups excluding carboxylic acids is 2. The van der Waals surface area contributed by atoms with Crippen LogP contribution in [0.3, 0.4) is 0 Å². The van der Waals surface area contributed by atoms with Crippen LogP contribution in [0.25, 0.3) is 5.69 Å². The van der Waals surface area contributed by atoms with Gasteiger partial charge in [0.1, 0.15) is 0 Å². The molecule has 0 unspecified atom stereocenters.